The van der Waals surface area contributed by atoms with Gasteiger partial charge in [-0.3, -0.25) is 4.79 Å². The first-order valence-electron chi connectivity index (χ1n) is 9.34. The number of amides is 1. The Bertz CT molecular complexity index is 1140. The predicted molar refractivity (Wildman–Crippen MR) is 105 cm³/mol. The fraction of sp³-hybridized carbons (Fsp3) is 0.182. The molecule has 154 valence electrons. The van der Waals surface area contributed by atoms with Crippen LogP contribution in [-0.2, 0) is 17.4 Å². The molecule has 2 N–H and O–H groups in total. The number of rotatable bonds is 6. The van der Waals surface area contributed by atoms with Gasteiger partial charge < -0.3 is 14.7 Å². The molecule has 1 atom stereocenters. The highest BCUT2D eigenvalue weighted by molar-refractivity contribution is 5.79. The summed E-state index contributed by atoms with van der Waals surface area (Å²) in [6.07, 6.45) is -2.33. The van der Waals surface area contributed by atoms with E-state index in [1.165, 1.54) is 6.07 Å². The van der Waals surface area contributed by atoms with Crippen LogP contribution in [0.5, 0.6) is 0 Å². The summed E-state index contributed by atoms with van der Waals surface area (Å²) in [6, 6.07) is 17.1. The van der Waals surface area contributed by atoms with Gasteiger partial charge in [0.1, 0.15) is 5.76 Å². The van der Waals surface area contributed by atoms with Crippen molar-refractivity contribution in [1.82, 2.24) is 15.3 Å². The summed E-state index contributed by atoms with van der Waals surface area (Å²) in [5, 5.41) is 2.98. The second-order valence-electron chi connectivity index (χ2n) is 6.85. The molecule has 4 rings (SSSR count). The Morgan fingerprint density at radius 2 is 1.87 bits per heavy atom. The number of halogens is 3. The molecule has 30 heavy (non-hydrogen) atoms. The molecule has 2 aromatic heterocycles. The van der Waals surface area contributed by atoms with Crippen molar-refractivity contribution in [2.75, 3.05) is 0 Å². The standard InChI is InChI=1S/C22H18F3N3O2/c23-22(24,25)21-26-17-10-8-15(13-18(17)27-21)20(14-5-2-1-3-6-14)28-19(29)11-9-16-7-4-12-30-16/h1-8,10,12-13,20H,9,11H2,(H,26,27)(H,28,29). The quantitative estimate of drug-likeness (QED) is 0.467. The molecule has 0 aliphatic rings. The average Bonchev–Trinajstić information content (AvgIpc) is 3.40. The third-order valence-corrected chi connectivity index (χ3v) is 4.72. The van der Waals surface area contributed by atoms with E-state index in [-0.39, 0.29) is 23.4 Å². The minimum atomic E-state index is -4.56. The number of alkyl halides is 3. The van der Waals surface area contributed by atoms with Crippen LogP contribution < -0.4 is 5.32 Å². The number of hydrogen-bond donors (Lipinski definition) is 2. The van der Waals surface area contributed by atoms with Crippen molar-refractivity contribution in [2.24, 2.45) is 0 Å². The number of aryl methyl sites for hydroxylation is 1. The molecule has 2 aromatic carbocycles. The molecule has 0 spiro atoms. The van der Waals surface area contributed by atoms with Crippen LogP contribution in [0.3, 0.4) is 0 Å². The van der Waals surface area contributed by atoms with Crippen LogP contribution in [0.2, 0.25) is 0 Å². The Labute approximate surface area is 169 Å². The Balaban J connectivity index is 1.61. The van der Waals surface area contributed by atoms with Crippen LogP contribution in [0.4, 0.5) is 13.2 Å². The van der Waals surface area contributed by atoms with Crippen LogP contribution in [0.25, 0.3) is 11.0 Å². The van der Waals surface area contributed by atoms with E-state index in [1.807, 2.05) is 30.3 Å². The molecule has 0 saturated heterocycles. The van der Waals surface area contributed by atoms with Crippen LogP contribution in [-0.4, -0.2) is 15.9 Å². The molecule has 0 saturated carbocycles. The lowest BCUT2D eigenvalue weighted by molar-refractivity contribution is -0.144. The zero-order chi connectivity index (χ0) is 21.1. The molecule has 0 aliphatic carbocycles. The molecule has 0 aliphatic heterocycles. The van der Waals surface area contributed by atoms with Crippen molar-refractivity contribution in [3.63, 3.8) is 0 Å². The third-order valence-electron chi connectivity index (χ3n) is 4.72. The van der Waals surface area contributed by atoms with Gasteiger partial charge in [0, 0.05) is 12.8 Å². The second kappa shape index (κ2) is 8.06. The second-order valence-corrected chi connectivity index (χ2v) is 6.85. The molecule has 0 bridgehead atoms. The van der Waals surface area contributed by atoms with E-state index in [1.54, 1.807) is 30.5 Å². The van der Waals surface area contributed by atoms with Crippen LogP contribution >= 0.6 is 0 Å². The van der Waals surface area contributed by atoms with Gasteiger partial charge in [-0.2, -0.15) is 13.2 Å². The Morgan fingerprint density at radius 3 is 2.57 bits per heavy atom. The first kappa shape index (κ1) is 19.8. The van der Waals surface area contributed by atoms with Gasteiger partial charge in [-0.15, -0.1) is 0 Å². The van der Waals surface area contributed by atoms with Gasteiger partial charge in [0.05, 0.1) is 23.3 Å². The maximum atomic E-state index is 13.0. The average molecular weight is 413 g/mol. The summed E-state index contributed by atoms with van der Waals surface area (Å²) in [4.78, 5) is 18.5. The van der Waals surface area contributed by atoms with Crippen LogP contribution in [0, 0.1) is 0 Å². The Morgan fingerprint density at radius 1 is 1.07 bits per heavy atom. The molecule has 5 nitrogen and oxygen atoms in total. The van der Waals surface area contributed by atoms with Crippen molar-refractivity contribution < 1.29 is 22.4 Å². The van der Waals surface area contributed by atoms with Gasteiger partial charge >= 0.3 is 6.18 Å². The number of fused-ring (bicyclic) bond motifs is 1. The molecule has 1 unspecified atom stereocenters. The molecule has 2 heterocycles. The molecule has 4 aromatic rings. The van der Waals surface area contributed by atoms with E-state index in [0.29, 0.717) is 17.7 Å². The van der Waals surface area contributed by atoms with E-state index < -0.39 is 18.0 Å². The summed E-state index contributed by atoms with van der Waals surface area (Å²) in [5.41, 5.74) is 1.93. The lowest BCUT2D eigenvalue weighted by atomic mass is 9.98. The third kappa shape index (κ3) is 4.37. The predicted octanol–water partition coefficient (Wildman–Crippen LogP) is 5.01. The maximum absolute atomic E-state index is 13.0. The first-order chi connectivity index (χ1) is 14.4. The zero-order valence-electron chi connectivity index (χ0n) is 15.7. The molecular weight excluding hydrogens is 395 g/mol. The number of carbonyl (C=O) groups excluding carboxylic acids is 1. The monoisotopic (exact) mass is 413 g/mol. The van der Waals surface area contributed by atoms with Gasteiger partial charge in [0.15, 0.2) is 0 Å². The van der Waals surface area contributed by atoms with Gasteiger partial charge in [-0.05, 0) is 35.4 Å². The fourth-order valence-corrected chi connectivity index (χ4v) is 3.27. The SMILES string of the molecule is O=C(CCc1ccco1)NC(c1ccccc1)c1ccc2nc(C(F)(F)F)[nH]c2c1. The normalized spacial score (nSPS) is 12.8. The number of benzene rings is 2. The summed E-state index contributed by atoms with van der Waals surface area (Å²) in [5.74, 6) is -0.533. The molecule has 0 fully saturated rings. The van der Waals surface area contributed by atoms with Gasteiger partial charge in [0.25, 0.3) is 0 Å². The smallest absolute Gasteiger partial charge is 0.449 e. The minimum absolute atomic E-state index is 0.194. The van der Waals surface area contributed by atoms with Crippen molar-refractivity contribution in [2.45, 2.75) is 25.1 Å². The first-order valence-corrected chi connectivity index (χ1v) is 9.34. The van der Waals surface area contributed by atoms with Crippen LogP contribution in [0.15, 0.2) is 71.3 Å². The fourth-order valence-electron chi connectivity index (χ4n) is 3.27. The molecule has 1 amide bonds. The summed E-state index contributed by atoms with van der Waals surface area (Å²) in [6.45, 7) is 0. The molecule has 0 radical (unpaired) electrons. The summed E-state index contributed by atoms with van der Waals surface area (Å²) >= 11 is 0. The number of nitrogens with zero attached hydrogens (tertiary/aromatic N) is 1. The van der Waals surface area contributed by atoms with Crippen molar-refractivity contribution in [3.05, 3.63) is 89.6 Å². The highest BCUT2D eigenvalue weighted by atomic mass is 19.4. The highest BCUT2D eigenvalue weighted by Gasteiger charge is 2.34. The summed E-state index contributed by atoms with van der Waals surface area (Å²) in [7, 11) is 0. The lowest BCUT2D eigenvalue weighted by Crippen LogP contribution is -2.29. The number of nitrogens with one attached hydrogen (secondary N) is 2. The van der Waals surface area contributed by atoms with Gasteiger partial charge in [-0.25, -0.2) is 4.98 Å². The lowest BCUT2D eigenvalue weighted by Gasteiger charge is -2.20. The number of H-pyrrole nitrogens is 1. The number of carbonyl (C=O) groups is 1. The topological polar surface area (TPSA) is 70.9 Å². The number of aromatic amines is 1. The molecular formula is C22H18F3N3O2. The Hall–Kier alpha value is -3.55. The highest BCUT2D eigenvalue weighted by Crippen LogP contribution is 2.30. The number of hydrogen-bond acceptors (Lipinski definition) is 3. The largest absolute Gasteiger partial charge is 0.469 e. The van der Waals surface area contributed by atoms with E-state index in [0.717, 1.165) is 5.56 Å². The van der Waals surface area contributed by atoms with Gasteiger partial charge in [-0.1, -0.05) is 36.4 Å². The van der Waals surface area contributed by atoms with E-state index >= 15 is 0 Å². The maximum Gasteiger partial charge on any atom is 0.449 e. The van der Waals surface area contributed by atoms with E-state index in [4.69, 9.17) is 4.42 Å². The minimum Gasteiger partial charge on any atom is -0.469 e. The summed E-state index contributed by atoms with van der Waals surface area (Å²) < 4.78 is 44.1. The molecule has 8 heteroatoms. The van der Waals surface area contributed by atoms with Gasteiger partial charge in [0.2, 0.25) is 11.7 Å². The number of furan rings is 1. The van der Waals surface area contributed by atoms with Crippen LogP contribution in [0.1, 0.15) is 35.2 Å². The number of aromatic nitrogens is 2. The van der Waals surface area contributed by atoms with Crippen molar-refractivity contribution in [3.8, 4) is 0 Å². The van der Waals surface area contributed by atoms with E-state index in [2.05, 4.69) is 15.3 Å². The van der Waals surface area contributed by atoms with Crippen molar-refractivity contribution >= 4 is 16.9 Å². The van der Waals surface area contributed by atoms with Crippen molar-refractivity contribution in [1.29, 1.82) is 0 Å². The number of imidazole rings is 1. The zero-order valence-corrected chi connectivity index (χ0v) is 15.7. The van der Waals surface area contributed by atoms with E-state index in [9.17, 15) is 18.0 Å². The Kier molecular flexibility index (Phi) is 5.31.